The number of rotatable bonds is 21. The maximum atomic E-state index is 14.4. The molecule has 4 amide bonds. The molecule has 2 saturated carbocycles. The van der Waals surface area contributed by atoms with Gasteiger partial charge in [-0.1, -0.05) is 62.9 Å². The van der Waals surface area contributed by atoms with Crippen LogP contribution in [0.4, 0.5) is 9.59 Å². The highest BCUT2D eigenvalue weighted by molar-refractivity contribution is 5.87. The first-order valence-corrected chi connectivity index (χ1v) is 22.3. The summed E-state index contributed by atoms with van der Waals surface area (Å²) >= 11 is 0. The van der Waals surface area contributed by atoms with Crippen LogP contribution in [0.3, 0.4) is 0 Å². The summed E-state index contributed by atoms with van der Waals surface area (Å²) in [5, 5.41) is 11.6. The number of esters is 2. The van der Waals surface area contributed by atoms with Gasteiger partial charge in [-0.05, 0) is 124 Å². The Balaban J connectivity index is 1.74. The number of amides is 4. The first kappa shape index (κ1) is 50.0. The van der Waals surface area contributed by atoms with Crippen molar-refractivity contribution in [3.05, 3.63) is 35.9 Å². The lowest BCUT2D eigenvalue weighted by Gasteiger charge is -2.38. The molecule has 60 heavy (non-hydrogen) atoms. The molecule has 2 aliphatic rings. The van der Waals surface area contributed by atoms with E-state index in [1.165, 1.54) is 0 Å². The van der Waals surface area contributed by atoms with Crippen LogP contribution >= 0.6 is 0 Å². The number of hydrogen-bond acceptors (Lipinski definition) is 10. The molecule has 3 rings (SSSR count). The van der Waals surface area contributed by atoms with Crippen LogP contribution in [0.5, 0.6) is 0 Å². The van der Waals surface area contributed by atoms with E-state index in [1.807, 2.05) is 37.3 Å². The maximum absolute atomic E-state index is 14.4. The molecule has 0 aromatic heterocycles. The summed E-state index contributed by atoms with van der Waals surface area (Å²) in [6, 6.07) is 8.06. The number of hydrogen-bond donors (Lipinski definition) is 4. The fourth-order valence-electron chi connectivity index (χ4n) is 8.25. The van der Waals surface area contributed by atoms with Gasteiger partial charge in [0.25, 0.3) is 0 Å². The second-order valence-electron chi connectivity index (χ2n) is 18.6. The molecule has 0 radical (unpaired) electrons. The van der Waals surface area contributed by atoms with Crippen LogP contribution in [0.15, 0.2) is 30.3 Å². The van der Waals surface area contributed by atoms with Crippen LogP contribution < -0.4 is 21.3 Å². The van der Waals surface area contributed by atoms with Crippen molar-refractivity contribution in [2.24, 2.45) is 23.2 Å². The molecule has 5 atom stereocenters. The number of ether oxygens (including phenoxy) is 4. The zero-order chi connectivity index (χ0) is 44.3. The summed E-state index contributed by atoms with van der Waals surface area (Å²) in [6.07, 6.45) is 7.80. The van der Waals surface area contributed by atoms with E-state index in [0.717, 1.165) is 37.7 Å². The highest BCUT2D eigenvalue weighted by Gasteiger charge is 2.46. The van der Waals surface area contributed by atoms with Crippen LogP contribution in [0.2, 0.25) is 0 Å². The van der Waals surface area contributed by atoms with Crippen molar-refractivity contribution in [2.45, 2.75) is 175 Å². The van der Waals surface area contributed by atoms with Gasteiger partial charge in [0.15, 0.2) is 0 Å². The predicted molar refractivity (Wildman–Crippen MR) is 228 cm³/mol. The number of alkyl carbamates (subject to hydrolysis) is 2. The molecule has 1 aromatic rings. The SMILES string of the molecule is CCCC[C@H]1CC(NC(=O)C2(CC(CNC(=O)[C@H](CCCCNC(=O)OC(C)(C)C)NC(=O)OCc3ccccc3)C(=O)OC(C)(C)C)CCCC2)CC[C@H]1C(=O)OCC. The third kappa shape index (κ3) is 17.7. The Morgan fingerprint density at radius 2 is 1.50 bits per heavy atom. The van der Waals surface area contributed by atoms with E-state index in [-0.39, 0.29) is 55.7 Å². The summed E-state index contributed by atoms with van der Waals surface area (Å²) in [7, 11) is 0. The van der Waals surface area contributed by atoms with E-state index < -0.39 is 52.6 Å². The summed E-state index contributed by atoms with van der Waals surface area (Å²) in [6.45, 7) is 15.2. The number of carbonyl (C=O) groups is 6. The molecule has 2 fully saturated rings. The van der Waals surface area contributed by atoms with Crippen molar-refractivity contribution in [1.82, 2.24) is 21.3 Å². The molecular weight excluding hydrogens is 769 g/mol. The Kier molecular flexibility index (Phi) is 20.1. The Morgan fingerprint density at radius 1 is 0.817 bits per heavy atom. The Labute approximate surface area is 358 Å². The second-order valence-corrected chi connectivity index (χ2v) is 18.6. The van der Waals surface area contributed by atoms with Gasteiger partial charge in [0.1, 0.15) is 23.9 Å². The average Bonchev–Trinajstić information content (AvgIpc) is 3.66. The quantitative estimate of drug-likeness (QED) is 0.0544. The van der Waals surface area contributed by atoms with Gasteiger partial charge in [-0.25, -0.2) is 9.59 Å². The van der Waals surface area contributed by atoms with E-state index in [4.69, 9.17) is 18.9 Å². The van der Waals surface area contributed by atoms with E-state index >= 15 is 0 Å². The topological polar surface area (TPSA) is 187 Å². The first-order chi connectivity index (χ1) is 28.3. The van der Waals surface area contributed by atoms with E-state index in [2.05, 4.69) is 28.2 Å². The van der Waals surface area contributed by atoms with Crippen LogP contribution in [-0.2, 0) is 44.7 Å². The fraction of sp³-hybridized carbons (Fsp3) is 0.739. The van der Waals surface area contributed by atoms with Crippen molar-refractivity contribution in [3.63, 3.8) is 0 Å². The number of nitrogens with one attached hydrogen (secondary N) is 4. The van der Waals surface area contributed by atoms with E-state index in [9.17, 15) is 28.8 Å². The standard InChI is InChI=1S/C46H74N4O10/c1-9-11-21-33-28-35(23-24-36(33)40(53)57-10-2)49-41(54)46(25-16-17-26-46)29-34(39(52)59-44(3,4)5)30-48-38(51)37(22-15-18-27-47-42(55)60-45(6,7)8)50-43(56)58-31-32-19-13-12-14-20-32/h12-14,19-20,33-37H,9-11,15-18,21-31H2,1-8H3,(H,47,55)(H,48,51)(H,49,54)(H,50,56)/t33-,34?,35?,36+,37-/m0/s1. The Hall–Kier alpha value is -4.36. The summed E-state index contributed by atoms with van der Waals surface area (Å²) in [4.78, 5) is 80.1. The van der Waals surface area contributed by atoms with Crippen molar-refractivity contribution in [1.29, 1.82) is 0 Å². The summed E-state index contributed by atoms with van der Waals surface area (Å²) < 4.78 is 22.0. The normalized spacial score (nSPS) is 19.8. The average molecular weight is 843 g/mol. The lowest BCUT2D eigenvalue weighted by atomic mass is 9.73. The zero-order valence-corrected chi connectivity index (χ0v) is 37.6. The molecule has 338 valence electrons. The predicted octanol–water partition coefficient (Wildman–Crippen LogP) is 7.66. The molecular formula is C46H74N4O10. The Morgan fingerprint density at radius 3 is 2.13 bits per heavy atom. The van der Waals surface area contributed by atoms with Gasteiger partial charge in [0.2, 0.25) is 11.8 Å². The van der Waals surface area contributed by atoms with Crippen molar-refractivity contribution >= 4 is 35.9 Å². The summed E-state index contributed by atoms with van der Waals surface area (Å²) in [5.74, 6) is -2.20. The van der Waals surface area contributed by atoms with Crippen LogP contribution in [0.25, 0.3) is 0 Å². The number of benzene rings is 1. The van der Waals surface area contributed by atoms with Gasteiger partial charge in [-0.15, -0.1) is 0 Å². The van der Waals surface area contributed by atoms with Crippen molar-refractivity contribution < 1.29 is 47.7 Å². The fourth-order valence-corrected chi connectivity index (χ4v) is 8.25. The lowest BCUT2D eigenvalue weighted by molar-refractivity contribution is -0.161. The lowest BCUT2D eigenvalue weighted by Crippen LogP contribution is -2.51. The Bertz CT molecular complexity index is 1530. The molecule has 0 saturated heterocycles. The molecule has 1 aromatic carbocycles. The molecule has 0 spiro atoms. The van der Waals surface area contributed by atoms with Gasteiger partial charge in [-0.2, -0.15) is 0 Å². The molecule has 2 unspecified atom stereocenters. The number of carbonyl (C=O) groups excluding carboxylic acids is 6. The third-order valence-electron chi connectivity index (χ3n) is 11.2. The van der Waals surface area contributed by atoms with Gasteiger partial charge in [0, 0.05) is 19.1 Å². The maximum Gasteiger partial charge on any atom is 0.408 e. The van der Waals surface area contributed by atoms with Crippen molar-refractivity contribution in [2.75, 3.05) is 19.7 Å². The zero-order valence-electron chi connectivity index (χ0n) is 37.6. The highest BCUT2D eigenvalue weighted by Crippen LogP contribution is 2.45. The van der Waals surface area contributed by atoms with E-state index in [0.29, 0.717) is 58.1 Å². The van der Waals surface area contributed by atoms with Crippen LogP contribution in [0.1, 0.15) is 151 Å². The number of unbranched alkanes of at least 4 members (excludes halogenated alkanes) is 2. The van der Waals surface area contributed by atoms with Crippen LogP contribution in [0, 0.1) is 23.2 Å². The van der Waals surface area contributed by atoms with Crippen LogP contribution in [-0.4, -0.2) is 78.9 Å². The molecule has 0 heterocycles. The first-order valence-electron chi connectivity index (χ1n) is 22.3. The molecule has 0 aliphatic heterocycles. The van der Waals surface area contributed by atoms with Gasteiger partial charge in [-0.3, -0.25) is 19.2 Å². The minimum atomic E-state index is -1.01. The highest BCUT2D eigenvalue weighted by atomic mass is 16.6. The largest absolute Gasteiger partial charge is 0.466 e. The molecule has 2 aliphatic carbocycles. The monoisotopic (exact) mass is 843 g/mol. The minimum absolute atomic E-state index is 0.0118. The third-order valence-corrected chi connectivity index (χ3v) is 11.2. The minimum Gasteiger partial charge on any atom is -0.466 e. The van der Waals surface area contributed by atoms with Gasteiger partial charge >= 0.3 is 24.1 Å². The summed E-state index contributed by atoms with van der Waals surface area (Å²) in [5.41, 5.74) is -1.51. The van der Waals surface area contributed by atoms with Gasteiger partial charge in [0.05, 0.1) is 23.9 Å². The molecule has 14 nitrogen and oxygen atoms in total. The molecule has 14 heteroatoms. The second kappa shape index (κ2) is 24.2. The molecule has 0 bridgehead atoms. The van der Waals surface area contributed by atoms with Crippen molar-refractivity contribution in [3.8, 4) is 0 Å². The molecule has 4 N–H and O–H groups in total. The smallest absolute Gasteiger partial charge is 0.408 e. The van der Waals surface area contributed by atoms with Gasteiger partial charge < -0.3 is 40.2 Å². The van der Waals surface area contributed by atoms with E-state index in [1.54, 1.807) is 41.5 Å².